The molecule has 34 valence electrons. The molecular formula is H3Br3Ni. The first-order valence-corrected chi connectivity index (χ1v) is 0. The third-order valence-corrected chi connectivity index (χ3v) is 0. The Bertz CT molecular complexity index is 3.25. The molecule has 0 saturated heterocycles. The Morgan fingerprint density at radius 3 is 0.500 bits per heavy atom. The van der Waals surface area contributed by atoms with Crippen molar-refractivity contribution < 1.29 is 16.5 Å². The van der Waals surface area contributed by atoms with Crippen molar-refractivity contribution in [3.05, 3.63) is 0 Å². The summed E-state index contributed by atoms with van der Waals surface area (Å²) in [5.41, 5.74) is 0. The number of halogens is 3. The quantitative estimate of drug-likeness (QED) is 0.598. The molecule has 0 aliphatic rings. The van der Waals surface area contributed by atoms with Crippen molar-refractivity contribution >= 4 is 50.9 Å². The minimum Gasteiger partial charge on any atom is -0.114 e. The standard InChI is InChI=1S/3BrH.Ni/h3*1H;. The first kappa shape index (κ1) is 38.6. The van der Waals surface area contributed by atoms with Gasteiger partial charge < -0.3 is 0 Å². The molecule has 0 heterocycles. The summed E-state index contributed by atoms with van der Waals surface area (Å²) in [6.07, 6.45) is 0. The van der Waals surface area contributed by atoms with Crippen LogP contribution in [0.5, 0.6) is 0 Å². The third kappa shape index (κ3) is 9.05. The number of hydrogen-bond acceptors (Lipinski definition) is 0. The van der Waals surface area contributed by atoms with Crippen LogP contribution in [0.2, 0.25) is 0 Å². The van der Waals surface area contributed by atoms with Crippen LogP contribution in [0, 0.1) is 0 Å². The van der Waals surface area contributed by atoms with E-state index in [2.05, 4.69) is 0 Å². The Balaban J connectivity index is 0. The van der Waals surface area contributed by atoms with Gasteiger partial charge in [0.1, 0.15) is 0 Å². The fourth-order valence-electron chi connectivity index (χ4n) is 0. The zero-order valence-corrected chi connectivity index (χ0v) is 7.67. The van der Waals surface area contributed by atoms with Crippen LogP contribution in [0.3, 0.4) is 0 Å². The van der Waals surface area contributed by atoms with Gasteiger partial charge in [0.25, 0.3) is 0 Å². The molecule has 0 saturated carbocycles. The second kappa shape index (κ2) is 20.4. The van der Waals surface area contributed by atoms with Crippen LogP contribution in [0.4, 0.5) is 0 Å². The zero-order valence-electron chi connectivity index (χ0n) is 1.54. The van der Waals surface area contributed by atoms with Crippen molar-refractivity contribution in [2.24, 2.45) is 0 Å². The van der Waals surface area contributed by atoms with E-state index in [4.69, 9.17) is 0 Å². The largest absolute Gasteiger partial charge is 0.114 e. The maximum absolute atomic E-state index is 0. The summed E-state index contributed by atoms with van der Waals surface area (Å²) in [6, 6.07) is 0. The van der Waals surface area contributed by atoms with Crippen molar-refractivity contribution in [2.75, 3.05) is 0 Å². The first-order chi connectivity index (χ1) is 0. The van der Waals surface area contributed by atoms with E-state index in [-0.39, 0.29) is 67.4 Å². The number of hydrogen-bond donors (Lipinski definition) is 0. The van der Waals surface area contributed by atoms with Gasteiger partial charge in [-0.1, -0.05) is 0 Å². The van der Waals surface area contributed by atoms with E-state index in [1.807, 2.05) is 0 Å². The second-order valence-corrected chi connectivity index (χ2v) is 0. The molecule has 0 amide bonds. The maximum atomic E-state index is 0. The van der Waals surface area contributed by atoms with Crippen LogP contribution >= 0.6 is 50.9 Å². The monoisotopic (exact) mass is 298 g/mol. The van der Waals surface area contributed by atoms with Crippen LogP contribution in [0.25, 0.3) is 0 Å². The SMILES string of the molecule is Br.Br.Br.[Ni]. The van der Waals surface area contributed by atoms with Crippen LogP contribution in [0.1, 0.15) is 0 Å². The molecule has 0 spiro atoms. The van der Waals surface area contributed by atoms with E-state index in [1.165, 1.54) is 0 Å². The van der Waals surface area contributed by atoms with Crippen molar-refractivity contribution in [2.45, 2.75) is 0 Å². The Labute approximate surface area is 67.0 Å². The summed E-state index contributed by atoms with van der Waals surface area (Å²) in [7, 11) is 0. The summed E-state index contributed by atoms with van der Waals surface area (Å²) in [5.74, 6) is 0. The van der Waals surface area contributed by atoms with Crippen LogP contribution in [0.15, 0.2) is 0 Å². The zero-order chi connectivity index (χ0) is 0. The van der Waals surface area contributed by atoms with Gasteiger partial charge in [0.05, 0.1) is 0 Å². The van der Waals surface area contributed by atoms with E-state index in [9.17, 15) is 0 Å². The van der Waals surface area contributed by atoms with Gasteiger partial charge in [-0.25, -0.2) is 0 Å². The average Bonchev–Trinajstić information content (AvgIpc) is 0. The van der Waals surface area contributed by atoms with Crippen molar-refractivity contribution in [3.8, 4) is 0 Å². The van der Waals surface area contributed by atoms with E-state index < -0.39 is 0 Å². The summed E-state index contributed by atoms with van der Waals surface area (Å²) in [6.45, 7) is 0. The second-order valence-electron chi connectivity index (χ2n) is 0. The summed E-state index contributed by atoms with van der Waals surface area (Å²) < 4.78 is 0. The Morgan fingerprint density at radius 1 is 0.500 bits per heavy atom. The van der Waals surface area contributed by atoms with Gasteiger partial charge in [0.2, 0.25) is 0 Å². The van der Waals surface area contributed by atoms with E-state index >= 15 is 0 Å². The number of rotatable bonds is 0. The fourth-order valence-corrected chi connectivity index (χ4v) is 0. The molecule has 0 rings (SSSR count). The van der Waals surface area contributed by atoms with Gasteiger partial charge in [-0.2, -0.15) is 0 Å². The predicted molar refractivity (Wildman–Crippen MR) is 31.0 cm³/mol. The molecule has 0 aliphatic carbocycles. The Morgan fingerprint density at radius 2 is 0.500 bits per heavy atom. The summed E-state index contributed by atoms with van der Waals surface area (Å²) >= 11 is 0. The summed E-state index contributed by atoms with van der Waals surface area (Å²) in [4.78, 5) is 0. The van der Waals surface area contributed by atoms with Crippen molar-refractivity contribution in [1.82, 2.24) is 0 Å². The van der Waals surface area contributed by atoms with E-state index in [0.29, 0.717) is 0 Å². The van der Waals surface area contributed by atoms with Gasteiger partial charge in [0, 0.05) is 16.5 Å². The minimum atomic E-state index is 0. The predicted octanol–water partition coefficient (Wildman–Crippen LogP) is 1.73. The average molecular weight is 301 g/mol. The molecule has 0 atom stereocenters. The smallest absolute Gasteiger partial charge is 0 e. The van der Waals surface area contributed by atoms with Crippen LogP contribution in [-0.2, 0) is 16.5 Å². The van der Waals surface area contributed by atoms with Gasteiger partial charge >= 0.3 is 0 Å². The molecule has 0 nitrogen and oxygen atoms in total. The molecule has 0 aromatic heterocycles. The van der Waals surface area contributed by atoms with E-state index in [0.717, 1.165) is 0 Å². The molecule has 0 bridgehead atoms. The molecule has 0 N–H and O–H groups in total. The molecule has 4 heteroatoms. The minimum absolute atomic E-state index is 0. The Hall–Kier alpha value is 1.93. The first-order valence-electron chi connectivity index (χ1n) is 0. The topological polar surface area (TPSA) is 0 Å². The molecule has 0 aliphatic heterocycles. The fraction of sp³-hybridized carbons (Fsp3) is 0. The van der Waals surface area contributed by atoms with E-state index in [1.54, 1.807) is 0 Å². The molecular weight excluding hydrogens is 298 g/mol. The van der Waals surface area contributed by atoms with Crippen molar-refractivity contribution in [3.63, 3.8) is 0 Å². The van der Waals surface area contributed by atoms with Crippen LogP contribution in [-0.4, -0.2) is 0 Å². The third-order valence-electron chi connectivity index (χ3n) is 0. The van der Waals surface area contributed by atoms with Gasteiger partial charge in [-0.15, -0.1) is 50.9 Å². The maximum Gasteiger partial charge on any atom is 0 e. The van der Waals surface area contributed by atoms with Crippen LogP contribution < -0.4 is 0 Å². The molecule has 0 aromatic rings. The molecule has 0 unspecified atom stereocenters. The normalized spacial score (nSPS) is 0. The molecule has 0 aromatic carbocycles. The molecule has 0 fully saturated rings. The van der Waals surface area contributed by atoms with Gasteiger partial charge in [-0.05, 0) is 0 Å². The molecule has 4 heavy (non-hydrogen) atoms. The summed E-state index contributed by atoms with van der Waals surface area (Å²) in [5, 5.41) is 0. The Kier molecular flexibility index (Phi) is 197. The van der Waals surface area contributed by atoms with Crippen molar-refractivity contribution in [1.29, 1.82) is 0 Å². The molecule has 0 radical (unpaired) electrons. The van der Waals surface area contributed by atoms with Gasteiger partial charge in [-0.3, -0.25) is 0 Å². The van der Waals surface area contributed by atoms with Gasteiger partial charge in [0.15, 0.2) is 0 Å².